The number of hydrogen-bond acceptors (Lipinski definition) is 6. The van der Waals surface area contributed by atoms with Crippen LogP contribution < -0.4 is 19.5 Å². The fraction of sp³-hybridized carbons (Fsp3) is 0.263. The predicted octanol–water partition coefficient (Wildman–Crippen LogP) is 7.21. The molecule has 3 aliphatic rings. The van der Waals surface area contributed by atoms with Crippen molar-refractivity contribution in [3.63, 3.8) is 0 Å². The van der Waals surface area contributed by atoms with E-state index in [0.717, 1.165) is 64.9 Å². The molecule has 0 fully saturated rings. The maximum Gasteiger partial charge on any atom is 0.331 e. The third kappa shape index (κ3) is 5.11. The topological polar surface area (TPSA) is 107 Å². The summed E-state index contributed by atoms with van der Waals surface area (Å²) in [5.41, 5.74) is 5.12. The van der Waals surface area contributed by atoms with Gasteiger partial charge in [0.25, 0.3) is 0 Å². The molecule has 4 aromatic carbocycles. The second kappa shape index (κ2) is 12.2. The van der Waals surface area contributed by atoms with E-state index >= 15 is 4.21 Å². The van der Waals surface area contributed by atoms with Crippen molar-refractivity contribution < 1.29 is 18.5 Å². The van der Waals surface area contributed by atoms with E-state index in [-0.39, 0.29) is 10.8 Å². The molecule has 10 heteroatoms. The molecule has 5 aromatic rings. The van der Waals surface area contributed by atoms with Gasteiger partial charge < -0.3 is 14.8 Å². The highest BCUT2D eigenvalue weighted by atomic mass is 32.2. The van der Waals surface area contributed by atoms with Crippen LogP contribution >= 0.6 is 0 Å². The van der Waals surface area contributed by atoms with Gasteiger partial charge in [-0.25, -0.2) is 18.4 Å². The Morgan fingerprint density at radius 1 is 0.917 bits per heavy atom. The number of hydrogen-bond donors (Lipinski definition) is 2. The first-order chi connectivity index (χ1) is 23.5. The lowest BCUT2D eigenvalue weighted by molar-refractivity contribution is 0.224. The lowest BCUT2D eigenvalue weighted by atomic mass is 9.78. The first-order valence-corrected chi connectivity index (χ1v) is 18.0. The zero-order chi connectivity index (χ0) is 32.7. The van der Waals surface area contributed by atoms with E-state index in [9.17, 15) is 4.79 Å². The SMILES string of the molecule is CC1COc2cc3c(c(NC(=O)NS(=O)(=NC(c4ccccc4)(c4ccccc4)c4ccccc4)c4cnn5c4OCCC5)c21)CCC3. The summed E-state index contributed by atoms with van der Waals surface area (Å²) < 4.78 is 37.9. The van der Waals surface area contributed by atoms with Crippen LogP contribution in [0.1, 0.15) is 59.1 Å². The van der Waals surface area contributed by atoms with Crippen LogP contribution in [0.25, 0.3) is 0 Å². The highest BCUT2D eigenvalue weighted by molar-refractivity contribution is 7.92. The number of carbonyl (C=O) groups excluding carboxylic acids is 1. The van der Waals surface area contributed by atoms with E-state index in [1.165, 1.54) is 11.8 Å². The fourth-order valence-electron chi connectivity index (χ4n) is 7.30. The van der Waals surface area contributed by atoms with Gasteiger partial charge in [-0.1, -0.05) is 97.9 Å². The molecular formula is C38H37N5O4S. The Balaban J connectivity index is 1.34. The minimum absolute atomic E-state index is 0.105. The number of aromatic nitrogens is 2. The summed E-state index contributed by atoms with van der Waals surface area (Å²) in [6.07, 6.45) is 5.08. The minimum Gasteiger partial charge on any atom is -0.493 e. The Kier molecular flexibility index (Phi) is 7.67. The molecule has 1 aliphatic carbocycles. The molecule has 0 radical (unpaired) electrons. The van der Waals surface area contributed by atoms with Crippen LogP contribution in [0.2, 0.25) is 0 Å². The molecule has 0 spiro atoms. The number of amides is 2. The van der Waals surface area contributed by atoms with Crippen molar-refractivity contribution in [2.45, 2.75) is 55.5 Å². The van der Waals surface area contributed by atoms with Gasteiger partial charge >= 0.3 is 6.03 Å². The number of ether oxygens (including phenoxy) is 2. The normalized spacial score (nSPS) is 17.6. The number of nitrogens with one attached hydrogen (secondary N) is 2. The Morgan fingerprint density at radius 2 is 1.56 bits per heavy atom. The summed E-state index contributed by atoms with van der Waals surface area (Å²) in [4.78, 5) is 14.5. The molecule has 0 saturated heterocycles. The standard InChI is InChI=1S/C38H37N5O4S/c1-26-25-47-32-23-27-13-11-20-31(27)35(34(26)32)40-37(44)41-48(45,33-24-39-43-21-12-22-46-36(33)43)42-38(28-14-5-2-6-15-28,29-16-7-3-8-17-29)30-18-9-4-10-19-30/h2-10,14-19,23-24,26H,11-13,20-22,25H2,1H3,(H2,40,41,42,44,45). The largest absolute Gasteiger partial charge is 0.493 e. The number of anilines is 1. The zero-order valence-corrected chi connectivity index (χ0v) is 27.5. The highest BCUT2D eigenvalue weighted by Gasteiger charge is 2.41. The number of fused-ring (bicyclic) bond motifs is 3. The van der Waals surface area contributed by atoms with Gasteiger partial charge in [0.2, 0.25) is 5.88 Å². The second-order valence-electron chi connectivity index (χ2n) is 12.6. The number of rotatable bonds is 7. The fourth-order valence-corrected chi connectivity index (χ4v) is 9.15. The van der Waals surface area contributed by atoms with Gasteiger partial charge in [-0.05, 0) is 53.1 Å². The summed E-state index contributed by atoms with van der Waals surface area (Å²) in [6.45, 7) is 3.70. The van der Waals surface area contributed by atoms with Gasteiger partial charge in [-0.15, -0.1) is 0 Å². The average molecular weight is 660 g/mol. The first kappa shape index (κ1) is 30.3. The summed E-state index contributed by atoms with van der Waals surface area (Å²) in [5, 5.41) is 7.67. The molecule has 2 N–H and O–H groups in total. The Morgan fingerprint density at radius 3 is 2.21 bits per heavy atom. The Hall–Kier alpha value is -5.09. The van der Waals surface area contributed by atoms with Crippen molar-refractivity contribution in [3.8, 4) is 11.6 Å². The van der Waals surface area contributed by atoms with Crippen LogP contribution in [0, 0.1) is 0 Å². The number of benzene rings is 4. The predicted molar refractivity (Wildman–Crippen MR) is 185 cm³/mol. The van der Waals surface area contributed by atoms with Crippen LogP contribution in [-0.2, 0) is 34.8 Å². The molecule has 3 heterocycles. The molecule has 2 aliphatic heterocycles. The molecule has 2 unspecified atom stereocenters. The van der Waals surface area contributed by atoms with E-state index in [0.29, 0.717) is 25.6 Å². The third-order valence-corrected chi connectivity index (χ3v) is 11.4. The second-order valence-corrected chi connectivity index (χ2v) is 14.5. The quantitative estimate of drug-likeness (QED) is 0.180. The van der Waals surface area contributed by atoms with Gasteiger partial charge in [0.15, 0.2) is 9.92 Å². The van der Waals surface area contributed by atoms with Crippen molar-refractivity contribution >= 4 is 21.6 Å². The number of carbonyl (C=O) groups is 1. The molecule has 0 bridgehead atoms. The molecule has 48 heavy (non-hydrogen) atoms. The van der Waals surface area contributed by atoms with Crippen molar-refractivity contribution in [2.75, 3.05) is 18.5 Å². The zero-order valence-electron chi connectivity index (χ0n) is 26.7. The summed E-state index contributed by atoms with van der Waals surface area (Å²) in [5.74, 6) is 1.26. The molecular weight excluding hydrogens is 623 g/mol. The third-order valence-electron chi connectivity index (χ3n) is 9.50. The van der Waals surface area contributed by atoms with E-state index in [1.54, 1.807) is 4.68 Å². The monoisotopic (exact) mass is 659 g/mol. The molecule has 0 saturated carbocycles. The van der Waals surface area contributed by atoms with Gasteiger partial charge in [-0.2, -0.15) is 9.46 Å². The van der Waals surface area contributed by atoms with Gasteiger partial charge in [-0.3, -0.25) is 0 Å². The molecule has 8 rings (SSSR count). The number of aryl methyl sites for hydroxylation is 2. The first-order valence-electron chi connectivity index (χ1n) is 16.5. The maximum atomic E-state index is 15.9. The maximum absolute atomic E-state index is 15.9. The number of urea groups is 1. The van der Waals surface area contributed by atoms with E-state index in [2.05, 4.69) is 28.1 Å². The Labute approximate surface area is 280 Å². The molecule has 9 nitrogen and oxygen atoms in total. The van der Waals surface area contributed by atoms with Crippen molar-refractivity contribution in [1.82, 2.24) is 14.5 Å². The molecule has 2 amide bonds. The van der Waals surface area contributed by atoms with Gasteiger partial charge in [0.05, 0.1) is 25.1 Å². The lowest BCUT2D eigenvalue weighted by Crippen LogP contribution is -2.38. The van der Waals surface area contributed by atoms with Gasteiger partial charge in [0.1, 0.15) is 16.2 Å². The minimum atomic E-state index is -3.81. The lowest BCUT2D eigenvalue weighted by Gasteiger charge is -2.33. The number of nitrogens with zero attached hydrogens (tertiary/aromatic N) is 3. The summed E-state index contributed by atoms with van der Waals surface area (Å²) in [6, 6.07) is 30.8. The molecule has 244 valence electrons. The molecule has 2 atom stereocenters. The van der Waals surface area contributed by atoms with E-state index < -0.39 is 21.5 Å². The van der Waals surface area contributed by atoms with Crippen molar-refractivity contribution in [1.29, 1.82) is 0 Å². The van der Waals surface area contributed by atoms with Crippen LogP contribution in [0.15, 0.2) is 113 Å². The smallest absolute Gasteiger partial charge is 0.331 e. The van der Waals surface area contributed by atoms with E-state index in [4.69, 9.17) is 13.8 Å². The van der Waals surface area contributed by atoms with Crippen LogP contribution in [-0.4, -0.2) is 33.2 Å². The van der Waals surface area contributed by atoms with Crippen LogP contribution in [0.3, 0.4) is 0 Å². The average Bonchev–Trinajstić information content (AvgIpc) is 3.87. The highest BCUT2D eigenvalue weighted by Crippen LogP contribution is 2.46. The van der Waals surface area contributed by atoms with Crippen LogP contribution in [0.5, 0.6) is 11.6 Å². The Bertz CT molecular complexity index is 2010. The summed E-state index contributed by atoms with van der Waals surface area (Å²) >= 11 is 0. The van der Waals surface area contributed by atoms with Crippen molar-refractivity contribution in [3.05, 3.63) is 137 Å². The summed E-state index contributed by atoms with van der Waals surface area (Å²) in [7, 11) is -3.81. The molecule has 1 aromatic heterocycles. The van der Waals surface area contributed by atoms with E-state index in [1.807, 2.05) is 91.0 Å². The van der Waals surface area contributed by atoms with Crippen LogP contribution in [0.4, 0.5) is 10.5 Å². The van der Waals surface area contributed by atoms with Gasteiger partial charge in [0, 0.05) is 24.4 Å². The van der Waals surface area contributed by atoms with Crippen molar-refractivity contribution in [2.24, 2.45) is 4.36 Å².